The predicted molar refractivity (Wildman–Crippen MR) is 138 cm³/mol. The van der Waals surface area contributed by atoms with Crippen molar-refractivity contribution in [3.63, 3.8) is 0 Å². The third kappa shape index (κ3) is 5.85. The molecule has 2 aliphatic carbocycles. The minimum absolute atomic E-state index is 0.0166. The SMILES string of the molecule is COCCCC[C@@](O)(c1cccc(F)c1C1=CCCCC1)[C@@H]1CCCN(C(=O)[C@H]2C[C@@H](N)[C@@H](O)C2)C1. The van der Waals surface area contributed by atoms with Crippen molar-refractivity contribution >= 4 is 11.5 Å². The molecular weight excluding hydrogens is 459 g/mol. The lowest BCUT2D eigenvalue weighted by atomic mass is 9.71. The van der Waals surface area contributed by atoms with Crippen LogP contribution in [0.4, 0.5) is 4.39 Å². The Labute approximate surface area is 214 Å². The van der Waals surface area contributed by atoms with Crippen molar-refractivity contribution in [1.82, 2.24) is 4.90 Å². The lowest BCUT2D eigenvalue weighted by molar-refractivity contribution is -0.141. The molecule has 3 aliphatic rings. The molecule has 1 heterocycles. The van der Waals surface area contributed by atoms with Crippen molar-refractivity contribution in [2.75, 3.05) is 26.8 Å². The molecular formula is C29H43FN2O4. The summed E-state index contributed by atoms with van der Waals surface area (Å²) in [6.45, 7) is 1.67. The number of carbonyl (C=O) groups is 1. The molecule has 1 aliphatic heterocycles. The van der Waals surface area contributed by atoms with E-state index in [1.807, 2.05) is 11.0 Å². The van der Waals surface area contributed by atoms with Gasteiger partial charge in [-0.25, -0.2) is 4.39 Å². The number of aliphatic hydroxyl groups is 2. The summed E-state index contributed by atoms with van der Waals surface area (Å²) in [7, 11) is 1.67. The summed E-state index contributed by atoms with van der Waals surface area (Å²) in [6.07, 6.45) is 9.82. The van der Waals surface area contributed by atoms with Gasteiger partial charge in [-0.05, 0) is 87.8 Å². The molecule has 1 amide bonds. The number of likely N-dealkylation sites (tertiary alicyclic amines) is 1. The number of methoxy groups -OCH3 is 1. The van der Waals surface area contributed by atoms with Gasteiger partial charge < -0.3 is 25.6 Å². The summed E-state index contributed by atoms with van der Waals surface area (Å²) in [6, 6.07) is 4.71. The van der Waals surface area contributed by atoms with Crippen LogP contribution in [0.2, 0.25) is 0 Å². The lowest BCUT2D eigenvalue weighted by Gasteiger charge is -2.44. The van der Waals surface area contributed by atoms with E-state index in [4.69, 9.17) is 10.5 Å². The highest BCUT2D eigenvalue weighted by Crippen LogP contribution is 2.45. The Morgan fingerprint density at radius 3 is 2.78 bits per heavy atom. The number of hydrogen-bond acceptors (Lipinski definition) is 5. The molecule has 2 fully saturated rings. The summed E-state index contributed by atoms with van der Waals surface area (Å²) in [5.41, 5.74) is 6.92. The zero-order valence-corrected chi connectivity index (χ0v) is 21.6. The van der Waals surface area contributed by atoms with Crippen molar-refractivity contribution in [2.45, 2.75) is 88.4 Å². The highest BCUT2D eigenvalue weighted by molar-refractivity contribution is 5.79. The first-order chi connectivity index (χ1) is 17.3. The molecule has 7 heteroatoms. The maximum atomic E-state index is 15.4. The third-order valence-electron chi connectivity index (χ3n) is 8.58. The number of unbranched alkanes of at least 4 members (excludes halogenated alkanes) is 1. The van der Waals surface area contributed by atoms with Crippen molar-refractivity contribution in [1.29, 1.82) is 0 Å². The van der Waals surface area contributed by atoms with Crippen LogP contribution in [0.5, 0.6) is 0 Å². The molecule has 4 rings (SSSR count). The van der Waals surface area contributed by atoms with Crippen LogP contribution in [0.25, 0.3) is 5.57 Å². The van der Waals surface area contributed by atoms with Crippen LogP contribution in [0.3, 0.4) is 0 Å². The molecule has 200 valence electrons. The van der Waals surface area contributed by atoms with Gasteiger partial charge in [-0.2, -0.15) is 0 Å². The number of nitrogens with two attached hydrogens (primary N) is 1. The molecule has 1 aromatic carbocycles. The largest absolute Gasteiger partial charge is 0.391 e. The molecule has 1 saturated heterocycles. The van der Waals surface area contributed by atoms with E-state index in [1.165, 1.54) is 6.07 Å². The van der Waals surface area contributed by atoms with E-state index in [9.17, 15) is 15.0 Å². The van der Waals surface area contributed by atoms with E-state index < -0.39 is 11.7 Å². The number of allylic oxidation sites excluding steroid dienone is 2. The van der Waals surface area contributed by atoms with Gasteiger partial charge in [-0.15, -0.1) is 0 Å². The van der Waals surface area contributed by atoms with Gasteiger partial charge in [0.2, 0.25) is 5.91 Å². The molecule has 5 atom stereocenters. The summed E-state index contributed by atoms with van der Waals surface area (Å²) in [5, 5.41) is 22.5. The number of ether oxygens (including phenoxy) is 1. The number of piperidine rings is 1. The van der Waals surface area contributed by atoms with Gasteiger partial charge in [-0.1, -0.05) is 18.2 Å². The Bertz CT molecular complexity index is 928. The van der Waals surface area contributed by atoms with Gasteiger partial charge in [0.15, 0.2) is 0 Å². The summed E-state index contributed by atoms with van der Waals surface area (Å²) in [4.78, 5) is 15.2. The number of aliphatic hydroxyl groups excluding tert-OH is 1. The van der Waals surface area contributed by atoms with Crippen LogP contribution < -0.4 is 5.73 Å². The lowest BCUT2D eigenvalue weighted by Crippen LogP contribution is -2.49. The second-order valence-corrected chi connectivity index (χ2v) is 11.0. The van der Waals surface area contributed by atoms with Gasteiger partial charge in [0.25, 0.3) is 0 Å². The van der Waals surface area contributed by atoms with Crippen LogP contribution >= 0.6 is 0 Å². The Balaban J connectivity index is 1.64. The molecule has 0 radical (unpaired) electrons. The molecule has 0 unspecified atom stereocenters. The van der Waals surface area contributed by atoms with E-state index in [0.717, 1.165) is 56.9 Å². The number of amides is 1. The minimum Gasteiger partial charge on any atom is -0.391 e. The van der Waals surface area contributed by atoms with Gasteiger partial charge in [-0.3, -0.25) is 4.79 Å². The van der Waals surface area contributed by atoms with E-state index in [0.29, 0.717) is 50.1 Å². The number of rotatable bonds is 9. The predicted octanol–water partition coefficient (Wildman–Crippen LogP) is 4.12. The molecule has 1 aromatic rings. The second kappa shape index (κ2) is 12.2. The maximum Gasteiger partial charge on any atom is 0.225 e. The fraction of sp³-hybridized carbons (Fsp3) is 0.690. The molecule has 1 saturated carbocycles. The van der Waals surface area contributed by atoms with Crippen LogP contribution in [0.1, 0.15) is 81.8 Å². The van der Waals surface area contributed by atoms with E-state index in [2.05, 4.69) is 6.08 Å². The van der Waals surface area contributed by atoms with Crippen LogP contribution in [-0.2, 0) is 15.1 Å². The maximum absolute atomic E-state index is 15.4. The van der Waals surface area contributed by atoms with Crippen molar-refractivity contribution in [2.24, 2.45) is 17.6 Å². The van der Waals surface area contributed by atoms with Crippen molar-refractivity contribution in [3.8, 4) is 0 Å². The van der Waals surface area contributed by atoms with E-state index >= 15 is 4.39 Å². The van der Waals surface area contributed by atoms with E-state index in [1.54, 1.807) is 13.2 Å². The average molecular weight is 503 g/mol. The van der Waals surface area contributed by atoms with Crippen molar-refractivity contribution < 1.29 is 24.1 Å². The Kier molecular flexibility index (Phi) is 9.20. The Morgan fingerprint density at radius 1 is 1.25 bits per heavy atom. The van der Waals surface area contributed by atoms with Crippen LogP contribution in [0, 0.1) is 17.7 Å². The molecule has 4 N–H and O–H groups in total. The van der Waals surface area contributed by atoms with Gasteiger partial charge in [0.05, 0.1) is 11.7 Å². The zero-order valence-electron chi connectivity index (χ0n) is 21.6. The number of hydrogen-bond donors (Lipinski definition) is 3. The third-order valence-corrected chi connectivity index (χ3v) is 8.58. The molecule has 0 bridgehead atoms. The number of benzene rings is 1. The van der Waals surface area contributed by atoms with Crippen LogP contribution in [0.15, 0.2) is 24.3 Å². The van der Waals surface area contributed by atoms with Crippen molar-refractivity contribution in [3.05, 3.63) is 41.2 Å². The fourth-order valence-corrected chi connectivity index (χ4v) is 6.55. The van der Waals surface area contributed by atoms with E-state index in [-0.39, 0.29) is 29.6 Å². The summed E-state index contributed by atoms with van der Waals surface area (Å²) < 4.78 is 20.6. The average Bonchev–Trinajstić information content (AvgIpc) is 3.24. The van der Waals surface area contributed by atoms with Crippen LogP contribution in [-0.4, -0.2) is 60.0 Å². The van der Waals surface area contributed by atoms with Gasteiger partial charge >= 0.3 is 0 Å². The zero-order chi connectivity index (χ0) is 25.7. The summed E-state index contributed by atoms with van der Waals surface area (Å²) in [5.74, 6) is -0.750. The number of nitrogens with zero attached hydrogens (tertiary/aromatic N) is 1. The van der Waals surface area contributed by atoms with Gasteiger partial charge in [0.1, 0.15) is 5.82 Å². The highest BCUT2D eigenvalue weighted by Gasteiger charge is 2.45. The fourth-order valence-electron chi connectivity index (χ4n) is 6.55. The Morgan fingerprint density at radius 2 is 2.08 bits per heavy atom. The quantitative estimate of drug-likeness (QED) is 0.442. The molecule has 6 nitrogen and oxygen atoms in total. The first-order valence-electron chi connectivity index (χ1n) is 13.8. The molecule has 0 aromatic heterocycles. The molecule has 36 heavy (non-hydrogen) atoms. The Hall–Kier alpha value is -1.80. The van der Waals surface area contributed by atoms with Gasteiger partial charge in [0, 0.05) is 50.2 Å². The second-order valence-electron chi connectivity index (χ2n) is 11.0. The molecule has 0 spiro atoms. The topological polar surface area (TPSA) is 96.0 Å². The normalized spacial score (nSPS) is 28.6. The first-order valence-corrected chi connectivity index (χ1v) is 13.8. The number of carbonyl (C=O) groups excluding carboxylic acids is 1. The smallest absolute Gasteiger partial charge is 0.225 e. The summed E-state index contributed by atoms with van der Waals surface area (Å²) >= 11 is 0. The highest BCUT2D eigenvalue weighted by atomic mass is 19.1. The monoisotopic (exact) mass is 502 g/mol. The standard InChI is InChI=1S/C29H43FN2O4/c1-36-16-6-5-14-29(35,23-12-7-13-24(30)27(23)20-9-3-2-4-10-20)22-11-8-15-32(19-22)28(34)21-17-25(31)26(33)18-21/h7,9,12-13,21-22,25-26,33,35H,2-6,8,10-11,14-19,31H2,1H3/t21-,22+,25+,26-,29-/m0/s1. The number of halogens is 1. The minimum atomic E-state index is -1.26. The first kappa shape index (κ1) is 27.2.